The van der Waals surface area contributed by atoms with Crippen LogP contribution in [0.3, 0.4) is 0 Å². The summed E-state index contributed by atoms with van der Waals surface area (Å²) in [5.74, 6) is -0.442. The minimum atomic E-state index is -1.17. The van der Waals surface area contributed by atoms with Crippen LogP contribution in [-0.4, -0.2) is 66.7 Å². The average Bonchev–Trinajstić information content (AvgIpc) is 3.22. The molecule has 0 radical (unpaired) electrons. The Labute approximate surface area is 197 Å². The van der Waals surface area contributed by atoms with E-state index in [0.717, 1.165) is 27.7 Å². The van der Waals surface area contributed by atoms with Crippen molar-refractivity contribution in [3.63, 3.8) is 0 Å². The van der Waals surface area contributed by atoms with Gasteiger partial charge >= 0.3 is 0 Å². The Morgan fingerprint density at radius 2 is 1.82 bits per heavy atom. The van der Waals surface area contributed by atoms with E-state index in [1.165, 1.54) is 19.1 Å². The van der Waals surface area contributed by atoms with Crippen LogP contribution in [0.2, 0.25) is 5.02 Å². The lowest BCUT2D eigenvalue weighted by Crippen LogP contribution is -2.68. The molecule has 0 aliphatic carbocycles. The van der Waals surface area contributed by atoms with Crippen molar-refractivity contribution in [1.29, 1.82) is 0 Å². The number of H-pyrrole nitrogens is 1. The number of fused-ring (bicyclic) bond motifs is 5. The lowest BCUT2D eigenvalue weighted by atomic mass is 9.76. The predicted molar refractivity (Wildman–Crippen MR) is 125 cm³/mol. The first kappa shape index (κ1) is 21.9. The van der Waals surface area contributed by atoms with Gasteiger partial charge in [-0.2, -0.15) is 0 Å². The van der Waals surface area contributed by atoms with Gasteiger partial charge in [0.2, 0.25) is 5.91 Å². The number of nitrogens with zero attached hydrogens (tertiary/aromatic N) is 2. The van der Waals surface area contributed by atoms with Crippen LogP contribution in [0, 0.1) is 0 Å². The molecule has 2 amide bonds. The Bertz CT molecular complexity index is 1240. The second kappa shape index (κ2) is 8.17. The molecule has 2 aliphatic rings. The molecule has 1 N–H and O–H groups in total. The molecule has 1 aromatic heterocycles. The van der Waals surface area contributed by atoms with E-state index in [4.69, 9.17) is 21.1 Å². The van der Waals surface area contributed by atoms with Crippen LogP contribution in [0.4, 0.5) is 0 Å². The molecule has 7 nitrogen and oxygen atoms in total. The number of benzene rings is 2. The fourth-order valence-corrected chi connectivity index (χ4v) is 5.55. The van der Waals surface area contributed by atoms with Crippen LogP contribution in [0.25, 0.3) is 10.9 Å². The molecule has 0 spiro atoms. The first-order valence-corrected chi connectivity index (χ1v) is 11.3. The number of halogens is 1. The summed E-state index contributed by atoms with van der Waals surface area (Å²) in [6, 6.07) is 15.7. The molecule has 8 heteroatoms. The van der Waals surface area contributed by atoms with E-state index in [-0.39, 0.29) is 30.8 Å². The molecule has 3 heterocycles. The van der Waals surface area contributed by atoms with Gasteiger partial charge in [-0.3, -0.25) is 9.59 Å². The molecular formula is C25H26ClN3O4. The highest BCUT2D eigenvalue weighted by atomic mass is 35.5. The number of nitrogens with one attached hydrogen (secondary N) is 1. The van der Waals surface area contributed by atoms with Crippen LogP contribution in [0.15, 0.2) is 48.5 Å². The zero-order valence-electron chi connectivity index (χ0n) is 18.8. The molecule has 0 bridgehead atoms. The van der Waals surface area contributed by atoms with Crippen LogP contribution in [0.1, 0.15) is 29.7 Å². The molecular weight excluding hydrogens is 442 g/mol. The summed E-state index contributed by atoms with van der Waals surface area (Å²) >= 11 is 6.61. The minimum absolute atomic E-state index is 0.0254. The van der Waals surface area contributed by atoms with Crippen LogP contribution in [0.5, 0.6) is 0 Å². The SMILES string of the molecule is COC(CN1CC(=O)N2CC(c3ccccc3Cl)c3c([nH]c4ccccc34)[C@@]2(C)C1=O)OC. The molecule has 1 saturated heterocycles. The van der Waals surface area contributed by atoms with Gasteiger partial charge in [0.25, 0.3) is 5.91 Å². The highest BCUT2D eigenvalue weighted by molar-refractivity contribution is 6.31. The zero-order valence-corrected chi connectivity index (χ0v) is 19.6. The highest BCUT2D eigenvalue weighted by Gasteiger charge is 2.56. The number of methoxy groups -OCH3 is 2. The van der Waals surface area contributed by atoms with Crippen LogP contribution < -0.4 is 0 Å². The van der Waals surface area contributed by atoms with Crippen molar-refractivity contribution in [2.24, 2.45) is 0 Å². The fourth-order valence-electron chi connectivity index (χ4n) is 5.29. The Morgan fingerprint density at radius 3 is 2.55 bits per heavy atom. The van der Waals surface area contributed by atoms with Crippen LogP contribution in [-0.2, 0) is 24.6 Å². The lowest BCUT2D eigenvalue weighted by Gasteiger charge is -2.51. The maximum absolute atomic E-state index is 13.9. The second-order valence-electron chi connectivity index (χ2n) is 8.70. The number of aromatic amines is 1. The summed E-state index contributed by atoms with van der Waals surface area (Å²) in [6.45, 7) is 2.34. The Morgan fingerprint density at radius 1 is 1.12 bits per heavy atom. The van der Waals surface area contributed by atoms with E-state index in [0.29, 0.717) is 11.6 Å². The van der Waals surface area contributed by atoms with E-state index in [1.807, 2.05) is 55.5 Å². The summed E-state index contributed by atoms with van der Waals surface area (Å²) < 4.78 is 10.6. The Kier molecular flexibility index (Phi) is 5.43. The largest absolute Gasteiger partial charge is 0.356 e. The number of para-hydroxylation sites is 1. The number of carbonyl (C=O) groups is 2. The van der Waals surface area contributed by atoms with Gasteiger partial charge in [0.1, 0.15) is 6.54 Å². The van der Waals surface area contributed by atoms with Crippen molar-refractivity contribution >= 4 is 34.3 Å². The number of amides is 2. The highest BCUT2D eigenvalue weighted by Crippen LogP contribution is 2.49. The van der Waals surface area contributed by atoms with Crippen molar-refractivity contribution in [3.05, 3.63) is 70.4 Å². The lowest BCUT2D eigenvalue weighted by molar-refractivity contribution is -0.174. The Balaban J connectivity index is 1.70. The van der Waals surface area contributed by atoms with Crippen molar-refractivity contribution in [1.82, 2.24) is 14.8 Å². The predicted octanol–water partition coefficient (Wildman–Crippen LogP) is 3.47. The standard InChI is InChI=1S/C25H26ClN3O4/c1-25-23-22(16-9-5-7-11-19(16)27-23)17(15-8-4-6-10-18(15)26)12-29(25)20(30)13-28(24(25)31)14-21(32-2)33-3/h4-11,17,21,27H,12-14H2,1-3H3/t17?,25-/m0/s1. The van der Waals surface area contributed by atoms with E-state index < -0.39 is 11.8 Å². The number of piperazine rings is 1. The van der Waals surface area contributed by atoms with Gasteiger partial charge in [-0.05, 0) is 30.2 Å². The maximum atomic E-state index is 13.9. The van der Waals surface area contributed by atoms with Crippen molar-refractivity contribution in [3.8, 4) is 0 Å². The third-order valence-corrected chi connectivity index (χ3v) is 7.34. The Hall–Kier alpha value is -2.87. The molecule has 172 valence electrons. The van der Waals surface area contributed by atoms with Gasteiger partial charge in [0, 0.05) is 42.6 Å². The van der Waals surface area contributed by atoms with Gasteiger partial charge in [-0.1, -0.05) is 48.0 Å². The smallest absolute Gasteiger partial charge is 0.255 e. The molecule has 2 aromatic carbocycles. The number of hydrogen-bond acceptors (Lipinski definition) is 4. The number of hydrogen-bond donors (Lipinski definition) is 1. The molecule has 33 heavy (non-hydrogen) atoms. The summed E-state index contributed by atoms with van der Waals surface area (Å²) in [4.78, 5) is 34.1. The van der Waals surface area contributed by atoms with Crippen molar-refractivity contribution in [2.45, 2.75) is 24.7 Å². The quantitative estimate of drug-likeness (QED) is 0.583. The fraction of sp³-hybridized carbons (Fsp3) is 0.360. The number of ether oxygens (including phenoxy) is 2. The molecule has 5 rings (SSSR count). The van der Waals surface area contributed by atoms with E-state index in [9.17, 15) is 9.59 Å². The number of rotatable bonds is 5. The normalized spacial score (nSPS) is 22.8. The van der Waals surface area contributed by atoms with Gasteiger partial charge in [0.05, 0.1) is 12.2 Å². The van der Waals surface area contributed by atoms with Gasteiger partial charge in [-0.15, -0.1) is 0 Å². The van der Waals surface area contributed by atoms with Gasteiger partial charge in [-0.25, -0.2) is 0 Å². The maximum Gasteiger partial charge on any atom is 0.255 e. The molecule has 2 atom stereocenters. The topological polar surface area (TPSA) is 74.9 Å². The first-order valence-electron chi connectivity index (χ1n) is 10.9. The van der Waals surface area contributed by atoms with Gasteiger partial charge in [0.15, 0.2) is 11.8 Å². The van der Waals surface area contributed by atoms with Gasteiger partial charge < -0.3 is 24.3 Å². The second-order valence-corrected chi connectivity index (χ2v) is 9.10. The summed E-state index contributed by atoms with van der Waals surface area (Å²) in [7, 11) is 3.03. The number of carbonyl (C=O) groups excluding carboxylic acids is 2. The third-order valence-electron chi connectivity index (χ3n) is 6.99. The van der Waals surface area contributed by atoms with E-state index in [2.05, 4.69) is 4.98 Å². The van der Waals surface area contributed by atoms with Crippen molar-refractivity contribution < 1.29 is 19.1 Å². The minimum Gasteiger partial charge on any atom is -0.356 e. The summed E-state index contributed by atoms with van der Waals surface area (Å²) in [6.07, 6.45) is -0.612. The molecule has 0 saturated carbocycles. The van der Waals surface area contributed by atoms with Crippen LogP contribution >= 0.6 is 11.6 Å². The molecule has 1 unspecified atom stereocenters. The number of aromatic nitrogens is 1. The zero-order chi connectivity index (χ0) is 23.3. The average molecular weight is 468 g/mol. The molecule has 1 fully saturated rings. The first-order chi connectivity index (χ1) is 15.9. The summed E-state index contributed by atoms with van der Waals surface area (Å²) in [5.41, 5.74) is 2.43. The van der Waals surface area contributed by atoms with E-state index >= 15 is 0 Å². The van der Waals surface area contributed by atoms with E-state index in [1.54, 1.807) is 4.90 Å². The monoisotopic (exact) mass is 467 g/mol. The molecule has 3 aromatic rings. The van der Waals surface area contributed by atoms with Crippen molar-refractivity contribution in [2.75, 3.05) is 33.9 Å². The summed E-state index contributed by atoms with van der Waals surface area (Å²) in [5, 5.41) is 1.67. The molecule has 2 aliphatic heterocycles. The third kappa shape index (κ3) is 3.26.